The van der Waals surface area contributed by atoms with Crippen molar-refractivity contribution in [1.82, 2.24) is 4.98 Å². The Morgan fingerprint density at radius 2 is 1.75 bits per heavy atom. The molecule has 2 aliphatic rings. The average Bonchev–Trinajstić information content (AvgIpc) is 2.84. The van der Waals surface area contributed by atoms with Crippen LogP contribution in [-0.4, -0.2) is 4.98 Å². The van der Waals surface area contributed by atoms with Crippen molar-refractivity contribution in [3.63, 3.8) is 0 Å². The second kappa shape index (κ2) is 4.28. The molecule has 3 nitrogen and oxygen atoms in total. The van der Waals surface area contributed by atoms with E-state index in [0.717, 1.165) is 29.5 Å². The molecule has 3 rings (SSSR count). The first-order chi connectivity index (χ1) is 9.14. The first-order valence-corrected chi connectivity index (χ1v) is 8.47. The van der Waals surface area contributed by atoms with Gasteiger partial charge in [0.2, 0.25) is 0 Å². The summed E-state index contributed by atoms with van der Waals surface area (Å²) in [6, 6.07) is 0. The van der Waals surface area contributed by atoms with Crippen LogP contribution in [-0.2, 0) is 21.5 Å². The van der Waals surface area contributed by atoms with Crippen LogP contribution in [0.4, 0.5) is 0 Å². The first kappa shape index (κ1) is 14.5. The van der Waals surface area contributed by atoms with Crippen molar-refractivity contribution in [2.24, 2.45) is 11.7 Å². The molecule has 1 aliphatic heterocycles. The zero-order valence-corrected chi connectivity index (χ0v) is 14.1. The van der Waals surface area contributed by atoms with Gasteiger partial charge in [0.15, 0.2) is 0 Å². The van der Waals surface area contributed by atoms with E-state index in [1.165, 1.54) is 17.7 Å². The highest BCUT2D eigenvalue weighted by Crippen LogP contribution is 2.51. The molecule has 0 bridgehead atoms. The van der Waals surface area contributed by atoms with Crippen molar-refractivity contribution in [2.75, 3.05) is 0 Å². The van der Waals surface area contributed by atoms with Gasteiger partial charge < -0.3 is 10.5 Å². The van der Waals surface area contributed by atoms with Gasteiger partial charge in [-0.2, -0.15) is 0 Å². The Morgan fingerprint density at radius 1 is 1.15 bits per heavy atom. The predicted molar refractivity (Wildman–Crippen MR) is 82.7 cm³/mol. The number of rotatable bonds is 1. The van der Waals surface area contributed by atoms with Gasteiger partial charge >= 0.3 is 0 Å². The standard InChI is InChI=1S/C16H26N2OS/c1-10-6-8-16(17,9-7-10)13-18-11-12(20-13)15(4,5)19-14(11,2)3/h10H,6-9,17H2,1-5H3. The minimum Gasteiger partial charge on any atom is -0.358 e. The highest BCUT2D eigenvalue weighted by Gasteiger charge is 2.48. The van der Waals surface area contributed by atoms with Gasteiger partial charge in [-0.15, -0.1) is 11.3 Å². The average molecular weight is 294 g/mol. The molecule has 1 aromatic heterocycles. The second-order valence-corrected chi connectivity index (χ2v) is 8.66. The molecule has 1 saturated carbocycles. The van der Waals surface area contributed by atoms with Gasteiger partial charge in [0.1, 0.15) is 10.6 Å². The summed E-state index contributed by atoms with van der Waals surface area (Å²) in [7, 11) is 0. The van der Waals surface area contributed by atoms with E-state index in [-0.39, 0.29) is 16.7 Å². The van der Waals surface area contributed by atoms with E-state index in [2.05, 4.69) is 34.6 Å². The minimum atomic E-state index is -0.300. The molecule has 4 heteroatoms. The van der Waals surface area contributed by atoms with Crippen molar-refractivity contribution in [2.45, 2.75) is 77.0 Å². The number of thiazole rings is 1. The Hall–Kier alpha value is -0.450. The van der Waals surface area contributed by atoms with Crippen LogP contribution in [0.2, 0.25) is 0 Å². The van der Waals surface area contributed by atoms with Crippen LogP contribution in [0.3, 0.4) is 0 Å². The van der Waals surface area contributed by atoms with Crippen LogP contribution >= 0.6 is 11.3 Å². The van der Waals surface area contributed by atoms with Crippen LogP contribution in [0.25, 0.3) is 0 Å². The molecular weight excluding hydrogens is 268 g/mol. The van der Waals surface area contributed by atoms with Gasteiger partial charge in [0.05, 0.1) is 21.7 Å². The van der Waals surface area contributed by atoms with Gasteiger partial charge in [-0.3, -0.25) is 0 Å². The van der Waals surface area contributed by atoms with Crippen molar-refractivity contribution < 1.29 is 4.74 Å². The fourth-order valence-electron chi connectivity index (χ4n) is 3.57. The smallest absolute Gasteiger partial charge is 0.113 e. The molecule has 20 heavy (non-hydrogen) atoms. The van der Waals surface area contributed by atoms with E-state index in [1.807, 2.05) is 0 Å². The van der Waals surface area contributed by atoms with Crippen LogP contribution in [0.15, 0.2) is 0 Å². The monoisotopic (exact) mass is 294 g/mol. The molecule has 0 saturated heterocycles. The molecule has 0 unspecified atom stereocenters. The van der Waals surface area contributed by atoms with E-state index in [9.17, 15) is 0 Å². The molecule has 1 aromatic rings. The SMILES string of the molecule is CC1CCC(N)(c2nc3c(s2)C(C)(C)OC3(C)C)CC1. The largest absolute Gasteiger partial charge is 0.358 e. The van der Waals surface area contributed by atoms with Crippen LogP contribution in [0, 0.1) is 5.92 Å². The van der Waals surface area contributed by atoms with Crippen LogP contribution < -0.4 is 5.73 Å². The number of ether oxygens (including phenoxy) is 1. The predicted octanol–water partition coefficient (Wildman–Crippen LogP) is 4.01. The maximum atomic E-state index is 6.69. The van der Waals surface area contributed by atoms with Crippen molar-refractivity contribution in [1.29, 1.82) is 0 Å². The molecule has 2 heterocycles. The zero-order chi connectivity index (χ0) is 14.8. The summed E-state index contributed by atoms with van der Waals surface area (Å²) in [5.74, 6) is 0.801. The third kappa shape index (κ3) is 2.13. The topological polar surface area (TPSA) is 48.1 Å². The quantitative estimate of drug-likeness (QED) is 0.851. The van der Waals surface area contributed by atoms with Crippen molar-refractivity contribution in [3.05, 3.63) is 15.6 Å². The van der Waals surface area contributed by atoms with Gasteiger partial charge in [0, 0.05) is 0 Å². The molecule has 1 aliphatic carbocycles. The van der Waals surface area contributed by atoms with E-state index in [1.54, 1.807) is 11.3 Å². The number of nitrogens with zero attached hydrogens (tertiary/aromatic N) is 1. The van der Waals surface area contributed by atoms with E-state index in [4.69, 9.17) is 15.5 Å². The molecule has 0 atom stereocenters. The van der Waals surface area contributed by atoms with Crippen LogP contribution in [0.1, 0.15) is 75.9 Å². The minimum absolute atomic E-state index is 0.215. The highest BCUT2D eigenvalue weighted by atomic mass is 32.1. The fourth-order valence-corrected chi connectivity index (χ4v) is 4.99. The summed E-state index contributed by atoms with van der Waals surface area (Å²) >= 11 is 1.78. The van der Waals surface area contributed by atoms with E-state index < -0.39 is 0 Å². The highest BCUT2D eigenvalue weighted by molar-refractivity contribution is 7.12. The Bertz CT molecular complexity index is 493. The zero-order valence-electron chi connectivity index (χ0n) is 13.2. The normalized spacial score (nSPS) is 35.0. The number of aromatic nitrogens is 1. The van der Waals surface area contributed by atoms with Crippen LogP contribution in [0.5, 0.6) is 0 Å². The molecule has 1 fully saturated rings. The summed E-state index contributed by atoms with van der Waals surface area (Å²) in [4.78, 5) is 6.19. The Balaban J connectivity index is 1.99. The first-order valence-electron chi connectivity index (χ1n) is 7.65. The Labute approximate surface area is 125 Å². The lowest BCUT2D eigenvalue weighted by atomic mass is 9.78. The van der Waals surface area contributed by atoms with E-state index >= 15 is 0 Å². The lowest BCUT2D eigenvalue weighted by Crippen LogP contribution is -2.40. The summed E-state index contributed by atoms with van der Waals surface area (Å²) in [5, 5.41) is 1.12. The van der Waals surface area contributed by atoms with Gasteiger partial charge in [-0.05, 0) is 59.3 Å². The lowest BCUT2D eigenvalue weighted by Gasteiger charge is -2.35. The Morgan fingerprint density at radius 3 is 2.30 bits per heavy atom. The maximum absolute atomic E-state index is 6.69. The fraction of sp³-hybridized carbons (Fsp3) is 0.812. The molecule has 0 aromatic carbocycles. The van der Waals surface area contributed by atoms with E-state index in [0.29, 0.717) is 0 Å². The third-order valence-corrected chi connectivity index (χ3v) is 6.43. The summed E-state index contributed by atoms with van der Waals surface area (Å²) in [5.41, 5.74) is 7.03. The molecule has 0 spiro atoms. The summed E-state index contributed by atoms with van der Waals surface area (Å²) < 4.78 is 6.15. The lowest BCUT2D eigenvalue weighted by molar-refractivity contribution is -0.105. The Kier molecular flexibility index (Phi) is 3.10. The number of hydrogen-bond donors (Lipinski definition) is 1. The van der Waals surface area contributed by atoms with Gasteiger partial charge in [-0.25, -0.2) is 4.98 Å². The molecule has 112 valence electrons. The summed E-state index contributed by atoms with van der Waals surface area (Å²) in [6.45, 7) is 10.8. The van der Waals surface area contributed by atoms with Crippen molar-refractivity contribution >= 4 is 11.3 Å². The van der Waals surface area contributed by atoms with Gasteiger partial charge in [-0.1, -0.05) is 6.92 Å². The van der Waals surface area contributed by atoms with Gasteiger partial charge in [0.25, 0.3) is 0 Å². The second-order valence-electron chi connectivity index (χ2n) is 7.66. The summed E-state index contributed by atoms with van der Waals surface area (Å²) in [6.07, 6.45) is 4.54. The number of fused-ring (bicyclic) bond motifs is 1. The maximum Gasteiger partial charge on any atom is 0.113 e. The third-order valence-electron chi connectivity index (χ3n) is 4.85. The number of hydrogen-bond acceptors (Lipinski definition) is 4. The van der Waals surface area contributed by atoms with Crippen molar-refractivity contribution in [3.8, 4) is 0 Å². The molecule has 0 radical (unpaired) electrons. The molecular formula is C16H26N2OS. The molecule has 2 N–H and O–H groups in total. The number of nitrogens with two attached hydrogens (primary N) is 1. The molecule has 0 amide bonds.